The lowest BCUT2D eigenvalue weighted by molar-refractivity contribution is 0.0791. The summed E-state index contributed by atoms with van der Waals surface area (Å²) in [6.45, 7) is 0. The summed E-state index contributed by atoms with van der Waals surface area (Å²) in [5, 5.41) is 0.892. The largest absolute Gasteiger partial charge is 0.438 e. The standard InChI is InChI=1S/C15H13Cl2N3O4S/c1-20(2)15(21)11-5-6-12(24-11)25(22,23)19-10-4-3-8(16)13-9(17)7-18-14(10)13/h3-7,18-19H,1-2H3. The second-order valence-corrected chi connectivity index (χ2v) is 7.83. The molecule has 1 aromatic carbocycles. The van der Waals surface area contributed by atoms with Gasteiger partial charge in [0, 0.05) is 25.7 Å². The molecule has 2 aromatic heterocycles. The molecule has 0 aliphatic heterocycles. The van der Waals surface area contributed by atoms with Gasteiger partial charge < -0.3 is 14.3 Å². The van der Waals surface area contributed by atoms with Crippen LogP contribution in [0.2, 0.25) is 10.0 Å². The predicted molar refractivity (Wildman–Crippen MR) is 95.9 cm³/mol. The normalized spacial score (nSPS) is 11.7. The van der Waals surface area contributed by atoms with Gasteiger partial charge in [-0.15, -0.1) is 0 Å². The first-order chi connectivity index (χ1) is 11.7. The number of benzene rings is 1. The van der Waals surface area contributed by atoms with E-state index in [4.69, 9.17) is 27.6 Å². The molecule has 3 rings (SSSR count). The number of anilines is 1. The number of nitrogens with zero attached hydrogens (tertiary/aromatic N) is 1. The molecule has 132 valence electrons. The van der Waals surface area contributed by atoms with Crippen LogP contribution in [0.15, 0.2) is 40.0 Å². The van der Waals surface area contributed by atoms with Crippen molar-refractivity contribution in [2.45, 2.75) is 5.09 Å². The van der Waals surface area contributed by atoms with Crippen LogP contribution in [-0.4, -0.2) is 38.3 Å². The van der Waals surface area contributed by atoms with E-state index in [9.17, 15) is 13.2 Å². The minimum absolute atomic E-state index is 0.0745. The fraction of sp³-hybridized carbons (Fsp3) is 0.133. The highest BCUT2D eigenvalue weighted by atomic mass is 35.5. The Kier molecular flexibility index (Phi) is 4.44. The zero-order valence-electron chi connectivity index (χ0n) is 13.1. The van der Waals surface area contributed by atoms with Gasteiger partial charge in [0.15, 0.2) is 5.76 Å². The van der Waals surface area contributed by atoms with E-state index in [1.54, 1.807) is 0 Å². The molecule has 2 N–H and O–H groups in total. The van der Waals surface area contributed by atoms with Gasteiger partial charge in [0.2, 0.25) is 5.09 Å². The second-order valence-electron chi connectivity index (χ2n) is 5.41. The Morgan fingerprint density at radius 2 is 1.88 bits per heavy atom. The molecule has 2 heterocycles. The van der Waals surface area contributed by atoms with Crippen LogP contribution in [0.4, 0.5) is 5.69 Å². The fourth-order valence-electron chi connectivity index (χ4n) is 2.25. The van der Waals surface area contributed by atoms with Gasteiger partial charge in [0.05, 0.1) is 21.2 Å². The number of fused-ring (bicyclic) bond motifs is 1. The Morgan fingerprint density at radius 3 is 2.56 bits per heavy atom. The number of aromatic nitrogens is 1. The molecule has 0 unspecified atom stereocenters. The van der Waals surface area contributed by atoms with E-state index in [2.05, 4.69) is 9.71 Å². The van der Waals surface area contributed by atoms with Gasteiger partial charge in [-0.25, -0.2) is 0 Å². The van der Waals surface area contributed by atoms with E-state index in [0.29, 0.717) is 20.9 Å². The first-order valence-corrected chi connectivity index (χ1v) is 9.24. The summed E-state index contributed by atoms with van der Waals surface area (Å²) in [6, 6.07) is 5.56. The minimum Gasteiger partial charge on any atom is -0.438 e. The van der Waals surface area contributed by atoms with Crippen LogP contribution in [0, 0.1) is 0 Å². The van der Waals surface area contributed by atoms with E-state index in [1.807, 2.05) is 0 Å². The Hall–Kier alpha value is -2.16. The van der Waals surface area contributed by atoms with E-state index in [0.717, 1.165) is 0 Å². The van der Waals surface area contributed by atoms with E-state index >= 15 is 0 Å². The Labute approximate surface area is 153 Å². The molecule has 0 aliphatic carbocycles. The lowest BCUT2D eigenvalue weighted by Gasteiger charge is -2.09. The molecule has 0 spiro atoms. The highest BCUT2D eigenvalue weighted by molar-refractivity contribution is 7.92. The summed E-state index contributed by atoms with van der Waals surface area (Å²) >= 11 is 12.1. The second kappa shape index (κ2) is 6.29. The van der Waals surface area contributed by atoms with Crippen molar-refractivity contribution in [2.24, 2.45) is 0 Å². The Bertz CT molecular complexity index is 1070. The summed E-state index contributed by atoms with van der Waals surface area (Å²) in [5.74, 6) is -0.513. The molecule has 0 radical (unpaired) electrons. The number of halogens is 2. The van der Waals surface area contributed by atoms with E-state index in [1.165, 1.54) is 49.5 Å². The number of carbonyl (C=O) groups excluding carboxylic acids is 1. The zero-order chi connectivity index (χ0) is 18.4. The number of furan rings is 1. The molecule has 7 nitrogen and oxygen atoms in total. The highest BCUT2D eigenvalue weighted by Crippen LogP contribution is 2.35. The van der Waals surface area contributed by atoms with Gasteiger partial charge in [-0.05, 0) is 24.3 Å². The van der Waals surface area contributed by atoms with Crippen LogP contribution in [0.5, 0.6) is 0 Å². The fourth-order valence-corrected chi connectivity index (χ4v) is 3.81. The molecule has 0 saturated heterocycles. The monoisotopic (exact) mass is 401 g/mol. The zero-order valence-corrected chi connectivity index (χ0v) is 15.5. The molecule has 3 aromatic rings. The molecule has 1 amide bonds. The first-order valence-electron chi connectivity index (χ1n) is 7.00. The molecule has 25 heavy (non-hydrogen) atoms. The quantitative estimate of drug-likeness (QED) is 0.698. The maximum Gasteiger partial charge on any atom is 0.295 e. The third kappa shape index (κ3) is 3.20. The molecule has 0 bridgehead atoms. The van der Waals surface area contributed by atoms with Crippen molar-refractivity contribution in [3.05, 3.63) is 46.3 Å². The predicted octanol–water partition coefficient (Wildman–Crippen LogP) is 3.57. The lowest BCUT2D eigenvalue weighted by Crippen LogP contribution is -2.21. The summed E-state index contributed by atoms with van der Waals surface area (Å²) in [5.41, 5.74) is 0.695. The molecular weight excluding hydrogens is 389 g/mol. The summed E-state index contributed by atoms with van der Waals surface area (Å²) < 4.78 is 32.7. The third-order valence-corrected chi connectivity index (χ3v) is 5.29. The van der Waals surface area contributed by atoms with Crippen molar-refractivity contribution in [2.75, 3.05) is 18.8 Å². The van der Waals surface area contributed by atoms with Crippen molar-refractivity contribution in [3.8, 4) is 0 Å². The van der Waals surface area contributed by atoms with Crippen LogP contribution in [-0.2, 0) is 10.0 Å². The number of sulfonamides is 1. The minimum atomic E-state index is -4.04. The molecule has 0 saturated carbocycles. The summed E-state index contributed by atoms with van der Waals surface area (Å²) in [7, 11) is -0.964. The number of rotatable bonds is 4. The van der Waals surface area contributed by atoms with E-state index in [-0.39, 0.29) is 16.5 Å². The molecule has 0 aliphatic rings. The van der Waals surface area contributed by atoms with Crippen molar-refractivity contribution in [1.29, 1.82) is 0 Å². The van der Waals surface area contributed by atoms with Gasteiger partial charge in [-0.3, -0.25) is 9.52 Å². The number of amides is 1. The maximum atomic E-state index is 12.5. The van der Waals surface area contributed by atoms with E-state index < -0.39 is 15.9 Å². The van der Waals surface area contributed by atoms with Crippen LogP contribution >= 0.6 is 23.2 Å². The SMILES string of the molecule is CN(C)C(=O)c1ccc(S(=O)(=O)Nc2ccc(Cl)c3c(Cl)c[nH]c23)o1. The van der Waals surface area contributed by atoms with Crippen LogP contribution in [0.3, 0.4) is 0 Å². The maximum absolute atomic E-state index is 12.5. The van der Waals surface area contributed by atoms with Gasteiger partial charge in [0.25, 0.3) is 15.9 Å². The van der Waals surface area contributed by atoms with Crippen molar-refractivity contribution in [1.82, 2.24) is 9.88 Å². The number of H-pyrrole nitrogens is 1. The van der Waals surface area contributed by atoms with Crippen molar-refractivity contribution >= 4 is 55.7 Å². The molecule has 10 heteroatoms. The summed E-state index contributed by atoms with van der Waals surface area (Å²) in [6.07, 6.45) is 1.51. The first kappa shape index (κ1) is 17.7. The Balaban J connectivity index is 1.98. The topological polar surface area (TPSA) is 95.4 Å². The number of hydrogen-bond donors (Lipinski definition) is 2. The highest BCUT2D eigenvalue weighted by Gasteiger charge is 2.23. The molecule has 0 fully saturated rings. The number of aromatic amines is 1. The summed E-state index contributed by atoms with van der Waals surface area (Å²) in [4.78, 5) is 16.0. The van der Waals surface area contributed by atoms with Gasteiger partial charge in [-0.2, -0.15) is 8.42 Å². The van der Waals surface area contributed by atoms with Crippen molar-refractivity contribution in [3.63, 3.8) is 0 Å². The average Bonchev–Trinajstić information content (AvgIpc) is 3.17. The van der Waals surface area contributed by atoms with Crippen LogP contribution in [0.1, 0.15) is 10.6 Å². The average molecular weight is 402 g/mol. The van der Waals surface area contributed by atoms with Gasteiger partial charge in [0.1, 0.15) is 0 Å². The lowest BCUT2D eigenvalue weighted by atomic mass is 10.2. The van der Waals surface area contributed by atoms with Crippen molar-refractivity contribution < 1.29 is 17.6 Å². The molecule has 0 atom stereocenters. The molecular formula is C15H13Cl2N3O4S. The van der Waals surface area contributed by atoms with Crippen LogP contribution < -0.4 is 4.72 Å². The smallest absolute Gasteiger partial charge is 0.295 e. The number of hydrogen-bond acceptors (Lipinski definition) is 4. The third-order valence-electron chi connectivity index (χ3n) is 3.44. The number of carbonyl (C=O) groups is 1. The van der Waals surface area contributed by atoms with Gasteiger partial charge in [-0.1, -0.05) is 23.2 Å². The number of nitrogens with one attached hydrogen (secondary N) is 2. The Morgan fingerprint density at radius 1 is 1.16 bits per heavy atom. The van der Waals surface area contributed by atoms with Gasteiger partial charge >= 0.3 is 0 Å². The van der Waals surface area contributed by atoms with Crippen LogP contribution in [0.25, 0.3) is 10.9 Å².